The van der Waals surface area contributed by atoms with E-state index in [4.69, 9.17) is 5.11 Å². The lowest BCUT2D eigenvalue weighted by atomic mass is 10.2. The maximum absolute atomic E-state index is 11.3. The molecule has 0 aliphatic rings. The van der Waals surface area contributed by atoms with Crippen molar-refractivity contribution in [1.82, 2.24) is 10.6 Å². The van der Waals surface area contributed by atoms with Crippen molar-refractivity contribution in [3.8, 4) is 0 Å². The summed E-state index contributed by atoms with van der Waals surface area (Å²) in [5.74, 6) is 0. The first-order chi connectivity index (χ1) is 7.83. The fourth-order valence-corrected chi connectivity index (χ4v) is 1.28. The summed E-state index contributed by atoms with van der Waals surface area (Å²) in [4.78, 5) is 11.3. The molecule has 0 saturated heterocycles. The van der Waals surface area contributed by atoms with Gasteiger partial charge >= 0.3 is 6.03 Å². The third-order valence-electron chi connectivity index (χ3n) is 2.17. The molecule has 1 rings (SSSR count). The van der Waals surface area contributed by atoms with Crippen LogP contribution in [0.15, 0.2) is 30.3 Å². The molecule has 0 saturated carbocycles. The van der Waals surface area contributed by atoms with Crippen LogP contribution in [0, 0.1) is 0 Å². The average Bonchev–Trinajstić information content (AvgIpc) is 2.33. The van der Waals surface area contributed by atoms with Crippen molar-refractivity contribution in [2.45, 2.75) is 19.4 Å². The van der Waals surface area contributed by atoms with Crippen molar-refractivity contribution in [1.29, 1.82) is 0 Å². The number of benzene rings is 1. The van der Waals surface area contributed by atoms with Crippen molar-refractivity contribution in [2.75, 3.05) is 13.2 Å². The Bertz CT molecular complexity index is 301. The molecule has 4 nitrogen and oxygen atoms in total. The maximum atomic E-state index is 11.3. The van der Waals surface area contributed by atoms with Crippen LogP contribution in [0.4, 0.5) is 4.79 Å². The Hall–Kier alpha value is -1.55. The van der Waals surface area contributed by atoms with E-state index in [9.17, 15) is 4.79 Å². The SMILES string of the molecule is O=C(NCCCCO)NCc1ccccc1. The molecule has 0 heterocycles. The molecule has 0 aromatic heterocycles. The van der Waals surface area contributed by atoms with Crippen LogP contribution < -0.4 is 10.6 Å². The number of aliphatic hydroxyl groups excluding tert-OH is 1. The van der Waals surface area contributed by atoms with Crippen LogP contribution in [0.25, 0.3) is 0 Å². The Labute approximate surface area is 95.7 Å². The Morgan fingerprint density at radius 1 is 1.12 bits per heavy atom. The average molecular weight is 222 g/mol. The third-order valence-corrected chi connectivity index (χ3v) is 2.17. The Morgan fingerprint density at radius 3 is 2.56 bits per heavy atom. The molecule has 16 heavy (non-hydrogen) atoms. The highest BCUT2D eigenvalue weighted by atomic mass is 16.2. The molecule has 0 spiro atoms. The lowest BCUT2D eigenvalue weighted by Gasteiger charge is -2.07. The van der Waals surface area contributed by atoms with Crippen LogP contribution in [0.1, 0.15) is 18.4 Å². The van der Waals surface area contributed by atoms with Gasteiger partial charge in [-0.15, -0.1) is 0 Å². The number of urea groups is 1. The van der Waals surface area contributed by atoms with Crippen molar-refractivity contribution in [2.24, 2.45) is 0 Å². The van der Waals surface area contributed by atoms with E-state index in [1.54, 1.807) is 0 Å². The number of aliphatic hydroxyl groups is 1. The molecule has 0 bridgehead atoms. The normalized spacial score (nSPS) is 9.81. The topological polar surface area (TPSA) is 61.4 Å². The van der Waals surface area contributed by atoms with E-state index < -0.39 is 0 Å². The first kappa shape index (κ1) is 12.5. The molecule has 0 fully saturated rings. The summed E-state index contributed by atoms with van der Waals surface area (Å²) in [5, 5.41) is 14.0. The van der Waals surface area contributed by atoms with E-state index in [0.29, 0.717) is 13.1 Å². The molecule has 2 amide bonds. The fourth-order valence-electron chi connectivity index (χ4n) is 1.28. The molecule has 3 N–H and O–H groups in total. The molecule has 0 atom stereocenters. The van der Waals surface area contributed by atoms with Gasteiger partial charge in [0.2, 0.25) is 0 Å². The summed E-state index contributed by atoms with van der Waals surface area (Å²) >= 11 is 0. The van der Waals surface area contributed by atoms with Gasteiger partial charge in [-0.05, 0) is 18.4 Å². The second kappa shape index (κ2) is 7.70. The molecule has 0 aliphatic carbocycles. The van der Waals surface area contributed by atoms with E-state index in [1.807, 2.05) is 30.3 Å². The molecule has 1 aromatic carbocycles. The summed E-state index contributed by atoms with van der Waals surface area (Å²) < 4.78 is 0. The van der Waals surface area contributed by atoms with E-state index in [1.165, 1.54) is 0 Å². The smallest absolute Gasteiger partial charge is 0.315 e. The van der Waals surface area contributed by atoms with Crippen LogP contribution in [0.3, 0.4) is 0 Å². The molecule has 1 aromatic rings. The number of hydrogen-bond acceptors (Lipinski definition) is 2. The summed E-state index contributed by atoms with van der Waals surface area (Å²) in [6, 6.07) is 9.59. The van der Waals surface area contributed by atoms with E-state index in [0.717, 1.165) is 18.4 Å². The van der Waals surface area contributed by atoms with E-state index in [-0.39, 0.29) is 12.6 Å². The number of rotatable bonds is 6. The lowest BCUT2D eigenvalue weighted by molar-refractivity contribution is 0.239. The predicted octanol–water partition coefficient (Wildman–Crippen LogP) is 1.26. The zero-order valence-electron chi connectivity index (χ0n) is 9.28. The molecule has 4 heteroatoms. The van der Waals surface area contributed by atoms with Crippen molar-refractivity contribution in [3.05, 3.63) is 35.9 Å². The highest BCUT2D eigenvalue weighted by Crippen LogP contribution is 1.96. The Balaban J connectivity index is 2.11. The van der Waals surface area contributed by atoms with E-state index in [2.05, 4.69) is 10.6 Å². The fraction of sp³-hybridized carbons (Fsp3) is 0.417. The first-order valence-corrected chi connectivity index (χ1v) is 5.49. The number of carbonyl (C=O) groups is 1. The predicted molar refractivity (Wildman–Crippen MR) is 63.0 cm³/mol. The molecular formula is C12H18N2O2. The van der Waals surface area contributed by atoms with E-state index >= 15 is 0 Å². The largest absolute Gasteiger partial charge is 0.396 e. The van der Waals surface area contributed by atoms with Crippen LogP contribution in [0.2, 0.25) is 0 Å². The molecular weight excluding hydrogens is 204 g/mol. The number of unbranched alkanes of at least 4 members (excludes halogenated alkanes) is 1. The summed E-state index contributed by atoms with van der Waals surface area (Å²) in [5.41, 5.74) is 1.08. The van der Waals surface area contributed by atoms with Gasteiger partial charge in [-0.3, -0.25) is 0 Å². The van der Waals surface area contributed by atoms with Crippen LogP contribution >= 0.6 is 0 Å². The molecule has 0 radical (unpaired) electrons. The minimum atomic E-state index is -0.165. The Morgan fingerprint density at radius 2 is 1.88 bits per heavy atom. The van der Waals surface area contributed by atoms with Gasteiger partial charge in [0, 0.05) is 19.7 Å². The summed E-state index contributed by atoms with van der Waals surface area (Å²) in [6.45, 7) is 1.31. The minimum Gasteiger partial charge on any atom is -0.396 e. The van der Waals surface area contributed by atoms with Gasteiger partial charge in [-0.2, -0.15) is 0 Å². The van der Waals surface area contributed by atoms with Crippen LogP contribution in [-0.2, 0) is 6.54 Å². The standard InChI is InChI=1S/C12H18N2O2/c15-9-5-4-8-13-12(16)14-10-11-6-2-1-3-7-11/h1-3,6-7,15H,4-5,8-10H2,(H2,13,14,16). The zero-order valence-corrected chi connectivity index (χ0v) is 9.28. The van der Waals surface area contributed by atoms with Crippen LogP contribution in [0.5, 0.6) is 0 Å². The molecule has 0 unspecified atom stereocenters. The Kier molecular flexibility index (Phi) is 6.03. The number of amides is 2. The zero-order chi connectivity index (χ0) is 11.6. The second-order valence-electron chi connectivity index (χ2n) is 3.53. The first-order valence-electron chi connectivity index (χ1n) is 5.49. The van der Waals surface area contributed by atoms with Gasteiger partial charge < -0.3 is 15.7 Å². The van der Waals surface area contributed by atoms with Gasteiger partial charge in [0.1, 0.15) is 0 Å². The van der Waals surface area contributed by atoms with Crippen molar-refractivity contribution < 1.29 is 9.90 Å². The van der Waals surface area contributed by atoms with Crippen LogP contribution in [-0.4, -0.2) is 24.3 Å². The third kappa shape index (κ3) is 5.36. The minimum absolute atomic E-state index is 0.165. The second-order valence-corrected chi connectivity index (χ2v) is 3.53. The van der Waals surface area contributed by atoms with Crippen molar-refractivity contribution >= 4 is 6.03 Å². The monoisotopic (exact) mass is 222 g/mol. The van der Waals surface area contributed by atoms with Crippen molar-refractivity contribution in [3.63, 3.8) is 0 Å². The van der Waals surface area contributed by atoms with Gasteiger partial charge in [-0.1, -0.05) is 30.3 Å². The number of carbonyl (C=O) groups excluding carboxylic acids is 1. The summed E-state index contributed by atoms with van der Waals surface area (Å²) in [7, 11) is 0. The van der Waals surface area contributed by atoms with Gasteiger partial charge in [0.25, 0.3) is 0 Å². The lowest BCUT2D eigenvalue weighted by Crippen LogP contribution is -2.35. The summed E-state index contributed by atoms with van der Waals surface area (Å²) in [6.07, 6.45) is 1.52. The highest BCUT2D eigenvalue weighted by Gasteiger charge is 1.98. The maximum Gasteiger partial charge on any atom is 0.315 e. The molecule has 0 aliphatic heterocycles. The number of nitrogens with one attached hydrogen (secondary N) is 2. The quantitative estimate of drug-likeness (QED) is 0.634. The molecule has 88 valence electrons. The van der Waals surface area contributed by atoms with Gasteiger partial charge in [-0.25, -0.2) is 4.79 Å². The number of hydrogen-bond donors (Lipinski definition) is 3. The van der Waals surface area contributed by atoms with Gasteiger partial charge in [0.05, 0.1) is 0 Å². The van der Waals surface area contributed by atoms with Gasteiger partial charge in [0.15, 0.2) is 0 Å². The highest BCUT2D eigenvalue weighted by molar-refractivity contribution is 5.73.